The number of pyridine rings is 1. The SMILES string of the molecule is CN=C(NCc1cccnc1Oc1cccc(F)c1)NCC(C)c1cccs1. The van der Waals surface area contributed by atoms with Gasteiger partial charge in [0, 0.05) is 48.8 Å². The molecule has 0 fully saturated rings. The van der Waals surface area contributed by atoms with Crippen LogP contribution in [0, 0.1) is 5.82 Å². The number of nitrogens with one attached hydrogen (secondary N) is 2. The van der Waals surface area contributed by atoms with Crippen LogP contribution in [-0.2, 0) is 6.54 Å². The smallest absolute Gasteiger partial charge is 0.224 e. The summed E-state index contributed by atoms with van der Waals surface area (Å²) >= 11 is 1.75. The van der Waals surface area contributed by atoms with Gasteiger partial charge in [0.15, 0.2) is 5.96 Å². The van der Waals surface area contributed by atoms with Crippen molar-refractivity contribution in [3.05, 3.63) is 76.4 Å². The van der Waals surface area contributed by atoms with E-state index in [0.29, 0.717) is 30.1 Å². The summed E-state index contributed by atoms with van der Waals surface area (Å²) < 4.78 is 19.1. The van der Waals surface area contributed by atoms with Gasteiger partial charge in [0.1, 0.15) is 11.6 Å². The number of ether oxygens (including phenoxy) is 1. The minimum atomic E-state index is -0.349. The van der Waals surface area contributed by atoms with Gasteiger partial charge in [0.2, 0.25) is 5.88 Å². The number of guanidine groups is 1. The molecule has 0 aliphatic rings. The van der Waals surface area contributed by atoms with Crippen LogP contribution in [0.25, 0.3) is 0 Å². The average molecular weight is 399 g/mol. The number of aromatic nitrogens is 1. The Morgan fingerprint density at radius 1 is 1.21 bits per heavy atom. The van der Waals surface area contributed by atoms with Gasteiger partial charge >= 0.3 is 0 Å². The predicted molar refractivity (Wildman–Crippen MR) is 112 cm³/mol. The second-order valence-electron chi connectivity index (χ2n) is 6.25. The molecule has 0 saturated carbocycles. The second-order valence-corrected chi connectivity index (χ2v) is 7.23. The first-order valence-electron chi connectivity index (χ1n) is 9.01. The van der Waals surface area contributed by atoms with Crippen molar-refractivity contribution in [3.8, 4) is 11.6 Å². The molecular weight excluding hydrogens is 375 g/mol. The van der Waals surface area contributed by atoms with Crippen molar-refractivity contribution in [2.75, 3.05) is 13.6 Å². The largest absolute Gasteiger partial charge is 0.439 e. The van der Waals surface area contributed by atoms with E-state index >= 15 is 0 Å². The van der Waals surface area contributed by atoms with Crippen LogP contribution in [-0.4, -0.2) is 24.5 Å². The first-order chi connectivity index (χ1) is 13.7. The molecule has 0 spiro atoms. The Kier molecular flexibility index (Phi) is 6.97. The van der Waals surface area contributed by atoms with Gasteiger partial charge in [0.25, 0.3) is 0 Å². The van der Waals surface area contributed by atoms with Crippen molar-refractivity contribution in [2.24, 2.45) is 4.99 Å². The molecular formula is C21H23FN4OS. The van der Waals surface area contributed by atoms with Crippen LogP contribution in [0.5, 0.6) is 11.6 Å². The molecule has 0 aliphatic heterocycles. The van der Waals surface area contributed by atoms with Crippen molar-refractivity contribution in [1.82, 2.24) is 15.6 Å². The fourth-order valence-electron chi connectivity index (χ4n) is 2.61. The zero-order valence-electron chi connectivity index (χ0n) is 15.9. The Morgan fingerprint density at radius 2 is 2.11 bits per heavy atom. The Labute approximate surface area is 168 Å². The first kappa shape index (κ1) is 19.8. The van der Waals surface area contributed by atoms with E-state index < -0.39 is 0 Å². The molecule has 3 aromatic rings. The summed E-state index contributed by atoms with van der Waals surface area (Å²) in [5.74, 6) is 1.58. The number of benzene rings is 1. The number of halogens is 1. The molecule has 28 heavy (non-hydrogen) atoms. The summed E-state index contributed by atoms with van der Waals surface area (Å²) in [6, 6.07) is 14.0. The minimum absolute atomic E-state index is 0.349. The molecule has 0 amide bonds. The topological polar surface area (TPSA) is 58.5 Å². The Bertz CT molecular complexity index is 914. The lowest BCUT2D eigenvalue weighted by atomic mass is 10.1. The molecule has 0 saturated heterocycles. The maximum Gasteiger partial charge on any atom is 0.224 e. The Morgan fingerprint density at radius 3 is 2.86 bits per heavy atom. The summed E-state index contributed by atoms with van der Waals surface area (Å²) in [6.45, 7) is 3.43. The van der Waals surface area contributed by atoms with Crippen molar-refractivity contribution < 1.29 is 9.13 Å². The quantitative estimate of drug-likeness (QED) is 0.453. The highest BCUT2D eigenvalue weighted by molar-refractivity contribution is 7.10. The van der Waals surface area contributed by atoms with E-state index in [4.69, 9.17) is 4.74 Å². The van der Waals surface area contributed by atoms with Crippen LogP contribution in [0.15, 0.2) is 65.1 Å². The third-order valence-electron chi connectivity index (χ3n) is 4.14. The summed E-state index contributed by atoms with van der Waals surface area (Å²) in [4.78, 5) is 9.87. The number of thiophene rings is 1. The molecule has 2 N–H and O–H groups in total. The van der Waals surface area contributed by atoms with E-state index in [1.54, 1.807) is 36.7 Å². The lowest BCUT2D eigenvalue weighted by Gasteiger charge is -2.16. The number of rotatable bonds is 7. The fraction of sp³-hybridized carbons (Fsp3) is 0.238. The van der Waals surface area contributed by atoms with Gasteiger partial charge in [-0.15, -0.1) is 11.3 Å². The van der Waals surface area contributed by atoms with Crippen molar-refractivity contribution >= 4 is 17.3 Å². The molecule has 3 rings (SSSR count). The van der Waals surface area contributed by atoms with E-state index in [2.05, 4.69) is 45.0 Å². The zero-order chi connectivity index (χ0) is 19.8. The Hall–Kier alpha value is -2.93. The van der Waals surface area contributed by atoms with E-state index in [-0.39, 0.29) is 5.82 Å². The monoisotopic (exact) mass is 398 g/mol. The zero-order valence-corrected chi connectivity index (χ0v) is 16.7. The van der Waals surface area contributed by atoms with E-state index in [0.717, 1.165) is 12.1 Å². The van der Waals surface area contributed by atoms with Crippen molar-refractivity contribution in [1.29, 1.82) is 0 Å². The van der Waals surface area contributed by atoms with Crippen LogP contribution in [0.3, 0.4) is 0 Å². The molecule has 2 aromatic heterocycles. The average Bonchev–Trinajstić information content (AvgIpc) is 3.24. The number of aliphatic imine (C=N–C) groups is 1. The molecule has 5 nitrogen and oxygen atoms in total. The van der Waals surface area contributed by atoms with Gasteiger partial charge in [-0.1, -0.05) is 25.1 Å². The number of hydrogen-bond donors (Lipinski definition) is 2. The highest BCUT2D eigenvalue weighted by Gasteiger charge is 2.10. The third kappa shape index (κ3) is 5.53. The van der Waals surface area contributed by atoms with Crippen molar-refractivity contribution in [3.63, 3.8) is 0 Å². The van der Waals surface area contributed by atoms with Crippen LogP contribution >= 0.6 is 11.3 Å². The van der Waals surface area contributed by atoms with Gasteiger partial charge in [-0.05, 0) is 29.6 Å². The van der Waals surface area contributed by atoms with Gasteiger partial charge in [-0.2, -0.15) is 0 Å². The third-order valence-corrected chi connectivity index (χ3v) is 5.24. The van der Waals surface area contributed by atoms with Crippen LogP contribution in [0.2, 0.25) is 0 Å². The summed E-state index contributed by atoms with van der Waals surface area (Å²) in [6.07, 6.45) is 1.65. The van der Waals surface area contributed by atoms with Gasteiger partial charge in [-0.3, -0.25) is 4.99 Å². The van der Waals surface area contributed by atoms with Crippen LogP contribution in [0.4, 0.5) is 4.39 Å². The van der Waals surface area contributed by atoms with Crippen molar-refractivity contribution in [2.45, 2.75) is 19.4 Å². The minimum Gasteiger partial charge on any atom is -0.439 e. The number of hydrogen-bond acceptors (Lipinski definition) is 4. The molecule has 0 radical (unpaired) electrons. The second kappa shape index (κ2) is 9.85. The summed E-state index contributed by atoms with van der Waals surface area (Å²) in [5, 5.41) is 8.70. The van der Waals surface area contributed by atoms with Gasteiger partial charge < -0.3 is 15.4 Å². The van der Waals surface area contributed by atoms with E-state index in [9.17, 15) is 4.39 Å². The lowest BCUT2D eigenvalue weighted by molar-refractivity contribution is 0.450. The van der Waals surface area contributed by atoms with Gasteiger partial charge in [0.05, 0.1) is 0 Å². The highest BCUT2D eigenvalue weighted by atomic mass is 32.1. The molecule has 146 valence electrons. The van der Waals surface area contributed by atoms with Gasteiger partial charge in [-0.25, -0.2) is 9.37 Å². The molecule has 1 aromatic carbocycles. The molecule has 0 bridgehead atoms. The van der Waals surface area contributed by atoms with Crippen LogP contribution < -0.4 is 15.4 Å². The standard InChI is InChI=1S/C21H23FN4OS/c1-15(19-9-5-11-28-19)13-25-21(23-2)26-14-16-6-4-10-24-20(16)27-18-8-3-7-17(22)12-18/h3-12,15H,13-14H2,1-2H3,(H2,23,25,26). The molecule has 1 atom stereocenters. The maximum atomic E-state index is 13.4. The fourth-order valence-corrected chi connectivity index (χ4v) is 3.40. The number of nitrogens with zero attached hydrogens (tertiary/aromatic N) is 2. The summed E-state index contributed by atoms with van der Waals surface area (Å²) in [7, 11) is 1.73. The molecule has 0 aliphatic carbocycles. The summed E-state index contributed by atoms with van der Waals surface area (Å²) in [5.41, 5.74) is 0.848. The van der Waals surface area contributed by atoms with E-state index in [1.807, 2.05) is 12.1 Å². The molecule has 2 heterocycles. The van der Waals surface area contributed by atoms with E-state index in [1.165, 1.54) is 17.0 Å². The Balaban J connectivity index is 1.58. The highest BCUT2D eigenvalue weighted by Crippen LogP contribution is 2.23. The molecule has 1 unspecified atom stereocenters. The molecule has 7 heteroatoms. The maximum absolute atomic E-state index is 13.4. The first-order valence-corrected chi connectivity index (χ1v) is 9.89. The lowest BCUT2D eigenvalue weighted by Crippen LogP contribution is -2.38. The van der Waals surface area contributed by atoms with Crippen LogP contribution in [0.1, 0.15) is 23.3 Å². The normalized spacial score (nSPS) is 12.5. The predicted octanol–water partition coefficient (Wildman–Crippen LogP) is 4.54.